The highest BCUT2D eigenvalue weighted by Gasteiger charge is 2.32. The van der Waals surface area contributed by atoms with Crippen LogP contribution in [-0.2, 0) is 22.0 Å². The van der Waals surface area contributed by atoms with E-state index in [4.69, 9.17) is 17.0 Å². The van der Waals surface area contributed by atoms with Crippen LogP contribution < -0.4 is 5.32 Å². The number of amides is 1. The van der Waals surface area contributed by atoms with Crippen LogP contribution in [0.4, 0.5) is 0 Å². The van der Waals surface area contributed by atoms with E-state index in [0.29, 0.717) is 30.5 Å². The number of hydrazine groups is 1. The van der Waals surface area contributed by atoms with Gasteiger partial charge in [0.15, 0.2) is 5.11 Å². The smallest absolute Gasteiger partial charge is 0.325 e. The lowest BCUT2D eigenvalue weighted by molar-refractivity contribution is -0.141. The standard InChI is InChI=1S/C17H27N5O3S/c1-6-25-14(23)11-18-16(26)22-9-7-8-21(22)15(24)12-10-13(17(2,3)4)19-20(12)5/h10H,6-9,11H2,1-5H3,(H,18,26). The van der Waals surface area contributed by atoms with Crippen molar-refractivity contribution in [3.05, 3.63) is 17.5 Å². The Balaban J connectivity index is 2.09. The molecule has 8 nitrogen and oxygen atoms in total. The predicted octanol–water partition coefficient (Wildman–Crippen LogP) is 1.22. The van der Waals surface area contributed by atoms with Crippen LogP contribution in [0, 0.1) is 0 Å². The molecule has 1 saturated heterocycles. The van der Waals surface area contributed by atoms with Gasteiger partial charge >= 0.3 is 5.97 Å². The molecule has 0 spiro atoms. The van der Waals surface area contributed by atoms with Crippen molar-refractivity contribution in [2.24, 2.45) is 7.05 Å². The van der Waals surface area contributed by atoms with Crippen LogP contribution in [0.15, 0.2) is 6.07 Å². The van der Waals surface area contributed by atoms with Crippen LogP contribution in [0.25, 0.3) is 0 Å². The first kappa shape index (κ1) is 20.2. The second-order valence-corrected chi connectivity index (χ2v) is 7.54. The molecule has 1 aliphatic rings. The second kappa shape index (κ2) is 8.03. The lowest BCUT2D eigenvalue weighted by Gasteiger charge is -2.29. The molecule has 0 aliphatic carbocycles. The van der Waals surface area contributed by atoms with Crippen molar-refractivity contribution >= 4 is 29.2 Å². The molecular formula is C17H27N5O3S. The number of carbonyl (C=O) groups excluding carboxylic acids is 2. The predicted molar refractivity (Wildman–Crippen MR) is 102 cm³/mol. The fourth-order valence-corrected chi connectivity index (χ4v) is 2.91. The van der Waals surface area contributed by atoms with Gasteiger partial charge in [-0.3, -0.25) is 19.3 Å². The van der Waals surface area contributed by atoms with Crippen LogP contribution in [0.2, 0.25) is 0 Å². The van der Waals surface area contributed by atoms with Gasteiger partial charge in [-0.05, 0) is 31.6 Å². The number of nitrogens with zero attached hydrogens (tertiary/aromatic N) is 4. The van der Waals surface area contributed by atoms with Crippen molar-refractivity contribution in [2.75, 3.05) is 26.2 Å². The average Bonchev–Trinajstić information content (AvgIpc) is 3.18. The van der Waals surface area contributed by atoms with Crippen molar-refractivity contribution in [2.45, 2.75) is 39.5 Å². The maximum absolute atomic E-state index is 13.0. The molecule has 0 saturated carbocycles. The van der Waals surface area contributed by atoms with E-state index in [1.807, 2.05) is 6.07 Å². The zero-order valence-corrected chi connectivity index (χ0v) is 16.9. The summed E-state index contributed by atoms with van der Waals surface area (Å²) in [4.78, 5) is 24.5. The highest BCUT2D eigenvalue weighted by molar-refractivity contribution is 7.80. The first-order chi connectivity index (χ1) is 12.1. The van der Waals surface area contributed by atoms with Crippen LogP contribution in [0.3, 0.4) is 0 Å². The minimum absolute atomic E-state index is 0.0227. The molecule has 0 unspecified atom stereocenters. The molecule has 9 heteroatoms. The number of thiocarbonyl (C=S) groups is 1. The number of ether oxygens (including phenoxy) is 1. The molecule has 0 aromatic carbocycles. The van der Waals surface area contributed by atoms with E-state index in [2.05, 4.69) is 31.2 Å². The summed E-state index contributed by atoms with van der Waals surface area (Å²) in [6.07, 6.45) is 0.803. The average molecular weight is 382 g/mol. The minimum Gasteiger partial charge on any atom is -0.465 e. The molecule has 1 aromatic rings. The van der Waals surface area contributed by atoms with Crippen molar-refractivity contribution in [3.63, 3.8) is 0 Å². The van der Waals surface area contributed by atoms with Gasteiger partial charge in [0, 0.05) is 25.6 Å². The summed E-state index contributed by atoms with van der Waals surface area (Å²) < 4.78 is 6.48. The molecule has 1 N–H and O–H groups in total. The Morgan fingerprint density at radius 3 is 2.54 bits per heavy atom. The fourth-order valence-electron chi connectivity index (χ4n) is 2.65. The van der Waals surface area contributed by atoms with E-state index < -0.39 is 0 Å². The number of aromatic nitrogens is 2. The largest absolute Gasteiger partial charge is 0.465 e. The van der Waals surface area contributed by atoms with Gasteiger partial charge in [0.05, 0.1) is 12.3 Å². The third-order valence-corrected chi connectivity index (χ3v) is 4.41. The number of nitrogens with one attached hydrogen (secondary N) is 1. The summed E-state index contributed by atoms with van der Waals surface area (Å²) in [7, 11) is 1.76. The molecule has 0 atom stereocenters. The van der Waals surface area contributed by atoms with Crippen molar-refractivity contribution in [1.82, 2.24) is 25.1 Å². The summed E-state index contributed by atoms with van der Waals surface area (Å²) in [6, 6.07) is 1.83. The van der Waals surface area contributed by atoms with Crippen molar-refractivity contribution in [1.29, 1.82) is 0 Å². The molecule has 1 amide bonds. The topological polar surface area (TPSA) is 79.7 Å². The molecule has 2 heterocycles. The number of aryl methyl sites for hydroxylation is 1. The zero-order valence-electron chi connectivity index (χ0n) is 16.0. The number of esters is 1. The number of carbonyl (C=O) groups is 2. The highest BCUT2D eigenvalue weighted by Crippen LogP contribution is 2.23. The van der Waals surface area contributed by atoms with Gasteiger partial charge in [-0.25, -0.2) is 5.01 Å². The zero-order chi connectivity index (χ0) is 19.5. The number of hydrogen-bond acceptors (Lipinski definition) is 5. The number of rotatable bonds is 4. The molecule has 26 heavy (non-hydrogen) atoms. The molecule has 0 radical (unpaired) electrons. The summed E-state index contributed by atoms with van der Waals surface area (Å²) in [5.74, 6) is -0.540. The molecule has 2 rings (SSSR count). The van der Waals surface area contributed by atoms with Crippen molar-refractivity contribution < 1.29 is 14.3 Å². The second-order valence-electron chi connectivity index (χ2n) is 7.16. The van der Waals surface area contributed by atoms with Crippen LogP contribution in [0.5, 0.6) is 0 Å². The first-order valence-electron chi connectivity index (χ1n) is 8.72. The van der Waals surface area contributed by atoms with Gasteiger partial charge in [0.2, 0.25) is 0 Å². The Hall–Kier alpha value is -2.16. The molecular weight excluding hydrogens is 354 g/mol. The number of hydrogen-bond donors (Lipinski definition) is 1. The summed E-state index contributed by atoms with van der Waals surface area (Å²) in [5, 5.41) is 11.0. The van der Waals surface area contributed by atoms with E-state index in [-0.39, 0.29) is 23.8 Å². The van der Waals surface area contributed by atoms with Gasteiger partial charge < -0.3 is 10.1 Å². The maximum Gasteiger partial charge on any atom is 0.325 e. The Bertz CT molecular complexity index is 695. The lowest BCUT2D eigenvalue weighted by Crippen LogP contribution is -2.50. The fraction of sp³-hybridized carbons (Fsp3) is 0.647. The first-order valence-corrected chi connectivity index (χ1v) is 9.13. The highest BCUT2D eigenvalue weighted by atomic mass is 32.1. The van der Waals surface area contributed by atoms with Crippen LogP contribution >= 0.6 is 12.2 Å². The van der Waals surface area contributed by atoms with Crippen LogP contribution in [-0.4, -0.2) is 63.0 Å². The normalized spacial score (nSPS) is 14.5. The Morgan fingerprint density at radius 1 is 1.31 bits per heavy atom. The lowest BCUT2D eigenvalue weighted by atomic mass is 9.92. The van der Waals surface area contributed by atoms with Crippen molar-refractivity contribution in [3.8, 4) is 0 Å². The summed E-state index contributed by atoms with van der Waals surface area (Å²) in [6.45, 7) is 9.39. The SMILES string of the molecule is CCOC(=O)CNC(=S)N1CCCN1C(=O)c1cc(C(C)(C)C)nn1C. The van der Waals surface area contributed by atoms with E-state index in [9.17, 15) is 9.59 Å². The molecule has 0 bridgehead atoms. The Morgan fingerprint density at radius 2 is 1.96 bits per heavy atom. The minimum atomic E-state index is -0.381. The van der Waals surface area contributed by atoms with E-state index >= 15 is 0 Å². The summed E-state index contributed by atoms with van der Waals surface area (Å²) >= 11 is 5.35. The summed E-state index contributed by atoms with van der Waals surface area (Å²) in [5.41, 5.74) is 1.23. The van der Waals surface area contributed by atoms with Crippen LogP contribution in [0.1, 0.15) is 50.3 Å². The third kappa shape index (κ3) is 4.51. The van der Waals surface area contributed by atoms with E-state index in [1.165, 1.54) is 0 Å². The Labute approximate surface area is 159 Å². The van der Waals surface area contributed by atoms with E-state index in [0.717, 1.165) is 12.1 Å². The Kier molecular flexibility index (Phi) is 6.22. The molecule has 1 aliphatic heterocycles. The van der Waals surface area contributed by atoms with Gasteiger partial charge in [-0.2, -0.15) is 5.10 Å². The monoisotopic (exact) mass is 381 g/mol. The quantitative estimate of drug-likeness (QED) is 0.620. The van der Waals surface area contributed by atoms with Gasteiger partial charge in [0.25, 0.3) is 5.91 Å². The molecule has 1 aromatic heterocycles. The molecule has 144 valence electrons. The molecule has 1 fully saturated rings. The maximum atomic E-state index is 13.0. The van der Waals surface area contributed by atoms with Gasteiger partial charge in [-0.1, -0.05) is 20.8 Å². The van der Waals surface area contributed by atoms with Gasteiger partial charge in [0.1, 0.15) is 12.2 Å². The van der Waals surface area contributed by atoms with Gasteiger partial charge in [-0.15, -0.1) is 0 Å². The third-order valence-electron chi connectivity index (χ3n) is 4.06. The van der Waals surface area contributed by atoms with E-state index in [1.54, 1.807) is 28.7 Å².